The van der Waals surface area contributed by atoms with E-state index >= 15 is 0 Å². The van der Waals surface area contributed by atoms with Crippen molar-refractivity contribution < 1.29 is 4.74 Å². The Morgan fingerprint density at radius 1 is 1.10 bits per heavy atom. The Kier molecular flexibility index (Phi) is 4.18. The molecule has 1 aliphatic carbocycles. The van der Waals surface area contributed by atoms with E-state index in [1.165, 1.54) is 18.4 Å². The number of nitriles is 1. The van der Waals surface area contributed by atoms with Gasteiger partial charge in [-0.25, -0.2) is 0 Å². The highest BCUT2D eigenvalue weighted by Crippen LogP contribution is 2.20. The fourth-order valence-corrected chi connectivity index (χ4v) is 2.14. The van der Waals surface area contributed by atoms with Crippen LogP contribution in [0.1, 0.15) is 29.5 Å². The van der Waals surface area contributed by atoms with Gasteiger partial charge < -0.3 is 10.1 Å². The summed E-state index contributed by atoms with van der Waals surface area (Å²) in [4.78, 5) is 0. The minimum Gasteiger partial charge on any atom is -0.489 e. The lowest BCUT2D eigenvalue weighted by Crippen LogP contribution is -2.15. The van der Waals surface area contributed by atoms with Crippen LogP contribution in [0, 0.1) is 11.3 Å². The first kappa shape index (κ1) is 13.7. The topological polar surface area (TPSA) is 45.0 Å². The lowest BCUT2D eigenvalue weighted by Gasteiger charge is -2.09. The van der Waals surface area contributed by atoms with Crippen molar-refractivity contribution in [3.05, 3.63) is 65.2 Å². The van der Waals surface area contributed by atoms with E-state index in [1.807, 2.05) is 36.4 Å². The number of nitrogens with zero attached hydrogens (tertiary/aromatic N) is 1. The van der Waals surface area contributed by atoms with E-state index in [-0.39, 0.29) is 0 Å². The normalized spacial score (nSPS) is 13.7. The number of hydrogen-bond acceptors (Lipinski definition) is 3. The van der Waals surface area contributed by atoms with Crippen molar-refractivity contribution >= 4 is 0 Å². The number of benzene rings is 2. The molecule has 0 atom stereocenters. The zero-order valence-electron chi connectivity index (χ0n) is 11.9. The summed E-state index contributed by atoms with van der Waals surface area (Å²) in [5.74, 6) is 0.884. The van der Waals surface area contributed by atoms with Crippen LogP contribution >= 0.6 is 0 Å². The molecule has 3 rings (SSSR count). The van der Waals surface area contributed by atoms with Gasteiger partial charge in [0, 0.05) is 12.6 Å². The van der Waals surface area contributed by atoms with Gasteiger partial charge in [-0.15, -0.1) is 0 Å². The van der Waals surface area contributed by atoms with E-state index in [4.69, 9.17) is 10.00 Å². The molecule has 106 valence electrons. The highest BCUT2D eigenvalue weighted by molar-refractivity contribution is 5.32. The first-order valence-electron chi connectivity index (χ1n) is 7.27. The maximum absolute atomic E-state index is 8.77. The van der Waals surface area contributed by atoms with Gasteiger partial charge in [-0.05, 0) is 48.2 Å². The van der Waals surface area contributed by atoms with Gasteiger partial charge in [0.05, 0.1) is 11.6 Å². The molecule has 2 aromatic carbocycles. The Morgan fingerprint density at radius 2 is 1.90 bits per heavy atom. The summed E-state index contributed by atoms with van der Waals surface area (Å²) in [5.41, 5.74) is 2.99. The molecule has 0 aliphatic heterocycles. The molecule has 0 spiro atoms. The Morgan fingerprint density at radius 3 is 2.62 bits per heavy atom. The number of nitrogens with one attached hydrogen (secondary N) is 1. The van der Waals surface area contributed by atoms with Crippen molar-refractivity contribution in [2.45, 2.75) is 32.0 Å². The van der Waals surface area contributed by atoms with Crippen LogP contribution in [0.3, 0.4) is 0 Å². The highest BCUT2D eigenvalue weighted by atomic mass is 16.5. The van der Waals surface area contributed by atoms with Gasteiger partial charge in [0.1, 0.15) is 12.4 Å². The van der Waals surface area contributed by atoms with Crippen LogP contribution < -0.4 is 10.1 Å². The summed E-state index contributed by atoms with van der Waals surface area (Å²) < 4.78 is 5.82. The third-order valence-corrected chi connectivity index (χ3v) is 3.56. The van der Waals surface area contributed by atoms with E-state index in [2.05, 4.69) is 23.5 Å². The second kappa shape index (κ2) is 6.43. The molecule has 21 heavy (non-hydrogen) atoms. The monoisotopic (exact) mass is 278 g/mol. The van der Waals surface area contributed by atoms with E-state index in [0.717, 1.165) is 17.9 Å². The van der Waals surface area contributed by atoms with Crippen LogP contribution in [0.25, 0.3) is 0 Å². The molecule has 1 aliphatic rings. The van der Waals surface area contributed by atoms with E-state index < -0.39 is 0 Å². The summed E-state index contributed by atoms with van der Waals surface area (Å²) in [6, 6.07) is 18.5. The molecule has 0 heterocycles. The zero-order chi connectivity index (χ0) is 14.5. The molecule has 3 heteroatoms. The van der Waals surface area contributed by atoms with Crippen LogP contribution in [0.15, 0.2) is 48.5 Å². The smallest absolute Gasteiger partial charge is 0.120 e. The second-order valence-corrected chi connectivity index (χ2v) is 5.40. The summed E-state index contributed by atoms with van der Waals surface area (Å²) in [5, 5.41) is 12.3. The lowest BCUT2D eigenvalue weighted by molar-refractivity contribution is 0.306. The molecule has 2 aromatic rings. The lowest BCUT2D eigenvalue weighted by atomic mass is 10.1. The Labute approximate surface area is 125 Å². The largest absolute Gasteiger partial charge is 0.489 e. The number of rotatable bonds is 6. The molecule has 3 nitrogen and oxygen atoms in total. The van der Waals surface area contributed by atoms with Crippen molar-refractivity contribution in [3.8, 4) is 11.8 Å². The summed E-state index contributed by atoms with van der Waals surface area (Å²) in [6.07, 6.45) is 2.60. The van der Waals surface area contributed by atoms with Crippen LogP contribution in [0.5, 0.6) is 5.75 Å². The molecular weight excluding hydrogens is 260 g/mol. The summed E-state index contributed by atoms with van der Waals surface area (Å²) in [6.45, 7) is 1.42. The van der Waals surface area contributed by atoms with Crippen LogP contribution in [0.4, 0.5) is 0 Å². The average Bonchev–Trinajstić information content (AvgIpc) is 3.36. The van der Waals surface area contributed by atoms with Crippen LogP contribution in [0.2, 0.25) is 0 Å². The van der Waals surface area contributed by atoms with Gasteiger partial charge in [0.25, 0.3) is 0 Å². The predicted molar refractivity (Wildman–Crippen MR) is 81.8 cm³/mol. The Balaban J connectivity index is 1.56. The molecule has 1 fully saturated rings. The zero-order valence-corrected chi connectivity index (χ0v) is 11.9. The first-order valence-corrected chi connectivity index (χ1v) is 7.27. The Bertz CT molecular complexity index is 639. The molecule has 0 bridgehead atoms. The molecule has 0 saturated heterocycles. The maximum atomic E-state index is 8.77. The van der Waals surface area contributed by atoms with Gasteiger partial charge in [-0.1, -0.05) is 24.3 Å². The third kappa shape index (κ3) is 4.08. The van der Waals surface area contributed by atoms with Crippen molar-refractivity contribution in [3.63, 3.8) is 0 Å². The van der Waals surface area contributed by atoms with Crippen molar-refractivity contribution in [1.29, 1.82) is 5.26 Å². The molecular formula is C18H18N2O. The quantitative estimate of drug-likeness (QED) is 0.881. The third-order valence-electron chi connectivity index (χ3n) is 3.56. The average molecular weight is 278 g/mol. The number of ether oxygens (including phenoxy) is 1. The Hall–Kier alpha value is -2.31. The van der Waals surface area contributed by atoms with E-state index in [9.17, 15) is 0 Å². The standard InChI is InChI=1S/C18H18N2O/c19-11-14-4-6-15(7-5-14)13-21-18-3-1-2-16(10-18)12-20-17-8-9-17/h1-7,10,17,20H,8-9,12-13H2. The van der Waals surface area contributed by atoms with Gasteiger partial charge in [-0.3, -0.25) is 0 Å². The van der Waals surface area contributed by atoms with E-state index in [1.54, 1.807) is 0 Å². The van der Waals surface area contributed by atoms with Gasteiger partial charge in [0.2, 0.25) is 0 Å². The molecule has 0 radical (unpaired) electrons. The molecule has 1 saturated carbocycles. The van der Waals surface area contributed by atoms with Crippen molar-refractivity contribution in [1.82, 2.24) is 5.32 Å². The molecule has 1 N–H and O–H groups in total. The van der Waals surface area contributed by atoms with Crippen molar-refractivity contribution in [2.75, 3.05) is 0 Å². The minimum atomic E-state index is 0.519. The first-order chi connectivity index (χ1) is 10.3. The SMILES string of the molecule is N#Cc1ccc(COc2cccc(CNC3CC3)c2)cc1. The van der Waals surface area contributed by atoms with Gasteiger partial charge in [0.15, 0.2) is 0 Å². The fraction of sp³-hybridized carbons (Fsp3) is 0.278. The molecule has 0 unspecified atom stereocenters. The predicted octanol–water partition coefficient (Wildman–Crippen LogP) is 3.39. The molecule has 0 aromatic heterocycles. The molecule has 0 amide bonds. The van der Waals surface area contributed by atoms with Crippen LogP contribution in [-0.4, -0.2) is 6.04 Å². The van der Waals surface area contributed by atoms with E-state index in [0.29, 0.717) is 18.2 Å². The fourth-order valence-electron chi connectivity index (χ4n) is 2.14. The number of hydrogen-bond donors (Lipinski definition) is 1. The highest BCUT2D eigenvalue weighted by Gasteiger charge is 2.19. The second-order valence-electron chi connectivity index (χ2n) is 5.40. The summed E-state index contributed by atoms with van der Waals surface area (Å²) in [7, 11) is 0. The van der Waals surface area contributed by atoms with Gasteiger partial charge in [-0.2, -0.15) is 5.26 Å². The maximum Gasteiger partial charge on any atom is 0.120 e. The minimum absolute atomic E-state index is 0.519. The van der Waals surface area contributed by atoms with Crippen molar-refractivity contribution in [2.24, 2.45) is 0 Å². The summed E-state index contributed by atoms with van der Waals surface area (Å²) >= 11 is 0. The van der Waals surface area contributed by atoms with Crippen LogP contribution in [-0.2, 0) is 13.2 Å². The van der Waals surface area contributed by atoms with Gasteiger partial charge >= 0.3 is 0 Å².